The van der Waals surface area contributed by atoms with Gasteiger partial charge in [0.2, 0.25) is 17.7 Å². The third-order valence-corrected chi connectivity index (χ3v) is 4.33. The number of amides is 3. The van der Waals surface area contributed by atoms with E-state index in [9.17, 15) is 14.4 Å². The van der Waals surface area contributed by atoms with Gasteiger partial charge in [0.1, 0.15) is 6.54 Å². The molecule has 3 rings (SSSR count). The highest BCUT2D eigenvalue weighted by Gasteiger charge is 2.31. The van der Waals surface area contributed by atoms with Gasteiger partial charge in [0, 0.05) is 43.7 Å². The molecule has 3 heterocycles. The van der Waals surface area contributed by atoms with Crippen molar-refractivity contribution in [3.05, 3.63) is 11.8 Å². The van der Waals surface area contributed by atoms with Crippen molar-refractivity contribution in [3.8, 4) is 0 Å². The van der Waals surface area contributed by atoms with Crippen LogP contribution >= 0.6 is 0 Å². The summed E-state index contributed by atoms with van der Waals surface area (Å²) in [4.78, 5) is 38.3. The number of aryl methyl sites for hydroxylation is 1. The van der Waals surface area contributed by atoms with Gasteiger partial charge in [-0.25, -0.2) is 0 Å². The molecule has 2 N–H and O–H groups in total. The van der Waals surface area contributed by atoms with Gasteiger partial charge in [0.05, 0.1) is 0 Å². The number of nitrogens with one attached hydrogen (secondary N) is 2. The van der Waals surface area contributed by atoms with Gasteiger partial charge in [-0.05, 0) is 19.8 Å². The van der Waals surface area contributed by atoms with E-state index in [1.807, 2.05) is 13.0 Å². The maximum atomic E-state index is 12.0. The lowest BCUT2D eigenvalue weighted by Crippen LogP contribution is -2.48. The summed E-state index contributed by atoms with van der Waals surface area (Å²) in [6.45, 7) is 3.44. The molecule has 0 saturated carbocycles. The van der Waals surface area contributed by atoms with E-state index in [0.717, 1.165) is 42.3 Å². The molecule has 2 aliphatic heterocycles. The maximum Gasteiger partial charge on any atom is 0.240 e. The van der Waals surface area contributed by atoms with Crippen LogP contribution in [0.3, 0.4) is 0 Å². The van der Waals surface area contributed by atoms with Crippen molar-refractivity contribution >= 4 is 23.5 Å². The van der Waals surface area contributed by atoms with Gasteiger partial charge < -0.3 is 10.2 Å². The molecule has 3 amide bonds. The van der Waals surface area contributed by atoms with Crippen LogP contribution in [0.1, 0.15) is 31.4 Å². The Bertz CT molecular complexity index is 602. The maximum absolute atomic E-state index is 12.0. The quantitative estimate of drug-likeness (QED) is 0.758. The number of likely N-dealkylation sites (tertiary alicyclic amines) is 1. The Morgan fingerprint density at radius 1 is 1.30 bits per heavy atom. The summed E-state index contributed by atoms with van der Waals surface area (Å²) < 4.78 is 0. The molecule has 1 aromatic rings. The van der Waals surface area contributed by atoms with Crippen LogP contribution < -0.4 is 10.2 Å². The standard InChI is InChI=1S/C15H21N5O3/c1-10-8-12(18-17-10)19-6-4-11(5-7-19)16-13(21)9-20-14(22)2-3-15(20)23/h8,11H,2-7,9H2,1H3,(H,16,21)(H,17,18). The van der Waals surface area contributed by atoms with Gasteiger partial charge in [-0.3, -0.25) is 24.4 Å². The normalized spacial score (nSPS) is 19.5. The second-order valence-corrected chi connectivity index (χ2v) is 6.11. The number of piperidine rings is 1. The van der Waals surface area contributed by atoms with Crippen LogP contribution in [0.4, 0.5) is 5.82 Å². The van der Waals surface area contributed by atoms with Crippen molar-refractivity contribution < 1.29 is 14.4 Å². The smallest absolute Gasteiger partial charge is 0.240 e. The second kappa shape index (κ2) is 6.39. The van der Waals surface area contributed by atoms with E-state index in [-0.39, 0.29) is 43.1 Å². The van der Waals surface area contributed by atoms with Gasteiger partial charge in [0.25, 0.3) is 0 Å². The predicted molar refractivity (Wildman–Crippen MR) is 82.7 cm³/mol. The number of H-pyrrole nitrogens is 1. The summed E-state index contributed by atoms with van der Waals surface area (Å²) in [5.41, 5.74) is 1.02. The van der Waals surface area contributed by atoms with Gasteiger partial charge in [-0.1, -0.05) is 0 Å². The largest absolute Gasteiger partial charge is 0.355 e. The summed E-state index contributed by atoms with van der Waals surface area (Å²) in [6.07, 6.45) is 2.07. The minimum Gasteiger partial charge on any atom is -0.355 e. The predicted octanol–water partition coefficient (Wildman–Crippen LogP) is -0.0479. The Labute approximate surface area is 134 Å². The first-order valence-electron chi connectivity index (χ1n) is 7.92. The fourth-order valence-corrected chi connectivity index (χ4v) is 3.03. The molecular formula is C15H21N5O3. The van der Waals surface area contributed by atoms with Crippen molar-refractivity contribution in [3.63, 3.8) is 0 Å². The van der Waals surface area contributed by atoms with E-state index in [4.69, 9.17) is 0 Å². The second-order valence-electron chi connectivity index (χ2n) is 6.11. The number of nitrogens with zero attached hydrogens (tertiary/aromatic N) is 3. The first-order chi connectivity index (χ1) is 11.0. The molecule has 0 radical (unpaired) electrons. The van der Waals surface area contributed by atoms with Crippen LogP contribution in [0.25, 0.3) is 0 Å². The topological polar surface area (TPSA) is 98.4 Å². The van der Waals surface area contributed by atoms with Crippen LogP contribution in [0.2, 0.25) is 0 Å². The Morgan fingerprint density at radius 2 is 1.96 bits per heavy atom. The number of hydrogen-bond acceptors (Lipinski definition) is 5. The van der Waals surface area contributed by atoms with Gasteiger partial charge >= 0.3 is 0 Å². The Hall–Kier alpha value is -2.38. The first kappa shape index (κ1) is 15.5. The number of rotatable bonds is 4. The lowest BCUT2D eigenvalue weighted by molar-refractivity contribution is -0.142. The van der Waals surface area contributed by atoms with E-state index < -0.39 is 0 Å². The molecule has 23 heavy (non-hydrogen) atoms. The molecule has 0 aliphatic carbocycles. The van der Waals surface area contributed by atoms with Gasteiger partial charge in [-0.2, -0.15) is 5.10 Å². The Balaban J connectivity index is 1.46. The zero-order chi connectivity index (χ0) is 16.4. The molecule has 0 atom stereocenters. The molecule has 2 saturated heterocycles. The van der Waals surface area contributed by atoms with Crippen LogP contribution in [-0.4, -0.2) is 58.5 Å². The molecule has 8 heteroatoms. The van der Waals surface area contributed by atoms with Crippen LogP contribution in [0.15, 0.2) is 6.07 Å². The molecule has 0 bridgehead atoms. The summed E-state index contributed by atoms with van der Waals surface area (Å²) in [5.74, 6) is 0.158. The average Bonchev–Trinajstić information content (AvgIpc) is 3.09. The minimum absolute atomic E-state index is 0.0756. The lowest BCUT2D eigenvalue weighted by Gasteiger charge is -2.32. The number of anilines is 1. The molecule has 124 valence electrons. The number of aromatic nitrogens is 2. The fraction of sp³-hybridized carbons (Fsp3) is 0.600. The fourth-order valence-electron chi connectivity index (χ4n) is 3.03. The Kier molecular flexibility index (Phi) is 4.31. The zero-order valence-corrected chi connectivity index (χ0v) is 13.2. The highest BCUT2D eigenvalue weighted by Crippen LogP contribution is 2.18. The number of imide groups is 1. The van der Waals surface area contributed by atoms with Gasteiger partial charge in [0.15, 0.2) is 5.82 Å². The molecule has 0 unspecified atom stereocenters. The third-order valence-electron chi connectivity index (χ3n) is 4.33. The third kappa shape index (κ3) is 3.52. The summed E-state index contributed by atoms with van der Waals surface area (Å²) in [6, 6.07) is 2.08. The summed E-state index contributed by atoms with van der Waals surface area (Å²) in [5, 5.41) is 10.1. The van der Waals surface area contributed by atoms with Crippen LogP contribution in [-0.2, 0) is 14.4 Å². The Morgan fingerprint density at radius 3 is 2.52 bits per heavy atom. The molecule has 8 nitrogen and oxygen atoms in total. The summed E-state index contributed by atoms with van der Waals surface area (Å²) >= 11 is 0. The molecule has 0 spiro atoms. The van der Waals surface area contributed by atoms with Crippen LogP contribution in [0, 0.1) is 6.92 Å². The molecule has 1 aromatic heterocycles. The van der Waals surface area contributed by atoms with E-state index in [0.29, 0.717) is 0 Å². The number of aromatic amines is 1. The lowest BCUT2D eigenvalue weighted by atomic mass is 10.1. The number of hydrogen-bond donors (Lipinski definition) is 2. The van der Waals surface area contributed by atoms with Gasteiger partial charge in [-0.15, -0.1) is 0 Å². The minimum atomic E-state index is -0.261. The highest BCUT2D eigenvalue weighted by atomic mass is 16.2. The number of carbonyl (C=O) groups excluding carboxylic acids is 3. The average molecular weight is 319 g/mol. The van der Waals surface area contributed by atoms with Crippen molar-refractivity contribution in [1.82, 2.24) is 20.4 Å². The van der Waals surface area contributed by atoms with E-state index >= 15 is 0 Å². The molecule has 0 aromatic carbocycles. The molecule has 2 fully saturated rings. The number of carbonyl (C=O) groups is 3. The van der Waals surface area contributed by atoms with Crippen molar-refractivity contribution in [2.75, 3.05) is 24.5 Å². The molecular weight excluding hydrogens is 298 g/mol. The monoisotopic (exact) mass is 319 g/mol. The van der Waals surface area contributed by atoms with Crippen molar-refractivity contribution in [1.29, 1.82) is 0 Å². The van der Waals surface area contributed by atoms with E-state index in [2.05, 4.69) is 20.4 Å². The first-order valence-corrected chi connectivity index (χ1v) is 7.92. The molecule has 2 aliphatic rings. The zero-order valence-electron chi connectivity index (χ0n) is 13.2. The summed E-state index contributed by atoms with van der Waals surface area (Å²) in [7, 11) is 0. The van der Waals surface area contributed by atoms with E-state index in [1.54, 1.807) is 0 Å². The highest BCUT2D eigenvalue weighted by molar-refractivity contribution is 6.04. The SMILES string of the molecule is Cc1cc(N2CCC(NC(=O)CN3C(=O)CCC3=O)CC2)n[nH]1. The van der Waals surface area contributed by atoms with Crippen molar-refractivity contribution in [2.45, 2.75) is 38.6 Å². The van der Waals surface area contributed by atoms with Crippen molar-refractivity contribution in [2.24, 2.45) is 0 Å². The van der Waals surface area contributed by atoms with Crippen LogP contribution in [0.5, 0.6) is 0 Å². The van der Waals surface area contributed by atoms with E-state index in [1.165, 1.54) is 0 Å².